The van der Waals surface area contributed by atoms with Crippen molar-refractivity contribution in [1.29, 1.82) is 0 Å². The highest BCUT2D eigenvalue weighted by molar-refractivity contribution is 7.99. The Morgan fingerprint density at radius 2 is 2.06 bits per heavy atom. The van der Waals surface area contributed by atoms with Crippen LogP contribution in [-0.4, -0.2) is 16.9 Å². The minimum atomic E-state index is -0.166. The second-order valence-electron chi connectivity index (χ2n) is 4.02. The molecule has 2 atom stereocenters. The standard InChI is InChI=1S/C13H20N2OS/c1-3-10(2)17-9-12(13(16)15-14)11-7-5-4-6-8-11/h4-8,10,12H,3,9,14H2,1-2H3,(H,15,16). The zero-order valence-electron chi connectivity index (χ0n) is 10.3. The molecule has 0 aliphatic rings. The van der Waals surface area contributed by atoms with Crippen LogP contribution in [0.2, 0.25) is 0 Å². The molecule has 17 heavy (non-hydrogen) atoms. The van der Waals surface area contributed by atoms with Gasteiger partial charge >= 0.3 is 0 Å². The Balaban J connectivity index is 2.71. The molecule has 0 aromatic heterocycles. The van der Waals surface area contributed by atoms with Crippen molar-refractivity contribution >= 4 is 17.7 Å². The van der Waals surface area contributed by atoms with Crippen LogP contribution in [0, 0.1) is 0 Å². The highest BCUT2D eigenvalue weighted by Gasteiger charge is 2.20. The van der Waals surface area contributed by atoms with Crippen molar-refractivity contribution in [2.24, 2.45) is 5.84 Å². The number of carbonyl (C=O) groups excluding carboxylic acids is 1. The topological polar surface area (TPSA) is 55.1 Å². The predicted molar refractivity (Wildman–Crippen MR) is 73.7 cm³/mol. The average molecular weight is 252 g/mol. The van der Waals surface area contributed by atoms with Crippen LogP contribution in [0.5, 0.6) is 0 Å². The Bertz CT molecular complexity index is 343. The van der Waals surface area contributed by atoms with Crippen molar-refractivity contribution in [2.45, 2.75) is 31.4 Å². The number of hydrazine groups is 1. The van der Waals surface area contributed by atoms with Crippen molar-refractivity contribution in [3.05, 3.63) is 35.9 Å². The molecule has 0 radical (unpaired) electrons. The van der Waals surface area contributed by atoms with Crippen LogP contribution >= 0.6 is 11.8 Å². The fourth-order valence-corrected chi connectivity index (χ4v) is 2.59. The van der Waals surface area contributed by atoms with Gasteiger partial charge in [0.05, 0.1) is 5.92 Å². The van der Waals surface area contributed by atoms with E-state index >= 15 is 0 Å². The lowest BCUT2D eigenvalue weighted by molar-refractivity contribution is -0.122. The zero-order valence-corrected chi connectivity index (χ0v) is 11.2. The number of nitrogens with one attached hydrogen (secondary N) is 1. The monoisotopic (exact) mass is 252 g/mol. The van der Waals surface area contributed by atoms with E-state index in [9.17, 15) is 4.79 Å². The molecule has 0 spiro atoms. The van der Waals surface area contributed by atoms with Gasteiger partial charge in [-0.15, -0.1) is 0 Å². The molecular weight excluding hydrogens is 232 g/mol. The normalized spacial score (nSPS) is 14.1. The van der Waals surface area contributed by atoms with Crippen molar-refractivity contribution in [3.63, 3.8) is 0 Å². The number of rotatable bonds is 6. The maximum absolute atomic E-state index is 11.8. The van der Waals surface area contributed by atoms with Crippen molar-refractivity contribution in [1.82, 2.24) is 5.43 Å². The number of benzene rings is 1. The van der Waals surface area contributed by atoms with Gasteiger partial charge in [0, 0.05) is 11.0 Å². The second-order valence-corrected chi connectivity index (χ2v) is 5.50. The van der Waals surface area contributed by atoms with Crippen LogP contribution < -0.4 is 11.3 Å². The van der Waals surface area contributed by atoms with Gasteiger partial charge < -0.3 is 0 Å². The van der Waals surface area contributed by atoms with E-state index in [-0.39, 0.29) is 11.8 Å². The van der Waals surface area contributed by atoms with Gasteiger partial charge in [-0.2, -0.15) is 11.8 Å². The lowest BCUT2D eigenvalue weighted by atomic mass is 10.0. The number of nitrogens with two attached hydrogens (primary N) is 1. The molecule has 1 amide bonds. The van der Waals surface area contributed by atoms with Gasteiger partial charge in [0.2, 0.25) is 5.91 Å². The molecule has 3 nitrogen and oxygen atoms in total. The predicted octanol–water partition coefficient (Wildman–Crippen LogP) is 2.29. The molecule has 0 heterocycles. The van der Waals surface area contributed by atoms with Crippen LogP contribution in [0.3, 0.4) is 0 Å². The van der Waals surface area contributed by atoms with Crippen LogP contribution in [0.15, 0.2) is 30.3 Å². The van der Waals surface area contributed by atoms with Gasteiger partial charge in [-0.1, -0.05) is 44.2 Å². The van der Waals surface area contributed by atoms with Gasteiger partial charge in [-0.3, -0.25) is 10.2 Å². The quantitative estimate of drug-likeness (QED) is 0.464. The first-order valence-electron chi connectivity index (χ1n) is 5.86. The summed E-state index contributed by atoms with van der Waals surface area (Å²) >= 11 is 1.81. The Hall–Kier alpha value is -1.00. The zero-order chi connectivity index (χ0) is 12.7. The fourth-order valence-electron chi connectivity index (χ4n) is 1.49. The van der Waals surface area contributed by atoms with Crippen LogP contribution in [0.25, 0.3) is 0 Å². The maximum atomic E-state index is 11.8. The first kappa shape index (κ1) is 14.1. The Morgan fingerprint density at radius 1 is 1.41 bits per heavy atom. The highest BCUT2D eigenvalue weighted by Crippen LogP contribution is 2.24. The maximum Gasteiger partial charge on any atom is 0.242 e. The SMILES string of the molecule is CCC(C)SCC(C(=O)NN)c1ccccc1. The summed E-state index contributed by atoms with van der Waals surface area (Å²) in [6, 6.07) is 9.77. The molecule has 0 bridgehead atoms. The second kappa shape index (κ2) is 7.35. The summed E-state index contributed by atoms with van der Waals surface area (Å²) in [7, 11) is 0. The number of thioether (sulfide) groups is 1. The van der Waals surface area contributed by atoms with Gasteiger partial charge in [-0.25, -0.2) is 5.84 Å². The molecule has 3 N–H and O–H groups in total. The number of hydrogen-bond acceptors (Lipinski definition) is 3. The average Bonchev–Trinajstić information content (AvgIpc) is 2.39. The molecule has 94 valence electrons. The highest BCUT2D eigenvalue weighted by atomic mass is 32.2. The molecule has 0 saturated heterocycles. The lowest BCUT2D eigenvalue weighted by Gasteiger charge is -2.17. The molecule has 0 aliphatic heterocycles. The van der Waals surface area contributed by atoms with Crippen LogP contribution in [-0.2, 0) is 4.79 Å². The van der Waals surface area contributed by atoms with E-state index in [2.05, 4.69) is 19.3 Å². The third-order valence-electron chi connectivity index (χ3n) is 2.78. The molecule has 1 aromatic carbocycles. The van der Waals surface area contributed by atoms with Crippen LogP contribution in [0.4, 0.5) is 0 Å². The summed E-state index contributed by atoms with van der Waals surface area (Å²) in [5, 5.41) is 0.562. The molecule has 1 rings (SSSR count). The minimum Gasteiger partial charge on any atom is -0.294 e. The molecule has 0 fully saturated rings. The summed E-state index contributed by atoms with van der Waals surface area (Å²) in [5.74, 6) is 5.72. The first-order valence-corrected chi connectivity index (χ1v) is 6.90. The van der Waals surface area contributed by atoms with Crippen LogP contribution in [0.1, 0.15) is 31.7 Å². The van der Waals surface area contributed by atoms with E-state index in [0.29, 0.717) is 5.25 Å². The molecule has 0 aliphatic carbocycles. The van der Waals surface area contributed by atoms with Gasteiger partial charge in [-0.05, 0) is 12.0 Å². The summed E-state index contributed by atoms with van der Waals surface area (Å²) in [6.07, 6.45) is 1.11. The fraction of sp³-hybridized carbons (Fsp3) is 0.462. The van der Waals surface area contributed by atoms with Crippen molar-refractivity contribution in [3.8, 4) is 0 Å². The van der Waals surface area contributed by atoms with E-state index in [1.165, 1.54) is 0 Å². The molecule has 1 aromatic rings. The van der Waals surface area contributed by atoms with E-state index in [0.717, 1.165) is 17.7 Å². The number of carbonyl (C=O) groups is 1. The van der Waals surface area contributed by atoms with E-state index in [1.807, 2.05) is 30.3 Å². The molecular formula is C13H20N2OS. The van der Waals surface area contributed by atoms with Gasteiger partial charge in [0.25, 0.3) is 0 Å². The molecule has 4 heteroatoms. The Morgan fingerprint density at radius 3 is 2.59 bits per heavy atom. The smallest absolute Gasteiger partial charge is 0.242 e. The number of amides is 1. The molecule has 2 unspecified atom stereocenters. The Labute approximate surface area is 107 Å². The van der Waals surface area contributed by atoms with Crippen molar-refractivity contribution < 1.29 is 4.79 Å². The third kappa shape index (κ3) is 4.40. The van der Waals surface area contributed by atoms with Crippen molar-refractivity contribution in [2.75, 3.05) is 5.75 Å². The summed E-state index contributed by atoms with van der Waals surface area (Å²) < 4.78 is 0. The Kier molecular flexibility index (Phi) is 6.08. The lowest BCUT2D eigenvalue weighted by Crippen LogP contribution is -2.35. The summed E-state index contributed by atoms with van der Waals surface area (Å²) in [4.78, 5) is 11.8. The van der Waals surface area contributed by atoms with E-state index in [1.54, 1.807) is 11.8 Å². The minimum absolute atomic E-state index is 0.119. The summed E-state index contributed by atoms with van der Waals surface area (Å²) in [6.45, 7) is 4.32. The largest absolute Gasteiger partial charge is 0.294 e. The number of hydrogen-bond donors (Lipinski definition) is 2. The third-order valence-corrected chi connectivity index (χ3v) is 4.21. The van der Waals surface area contributed by atoms with E-state index < -0.39 is 0 Å². The van der Waals surface area contributed by atoms with Gasteiger partial charge in [0.15, 0.2) is 0 Å². The summed E-state index contributed by atoms with van der Waals surface area (Å²) in [5.41, 5.74) is 3.27. The van der Waals surface area contributed by atoms with E-state index in [4.69, 9.17) is 5.84 Å². The first-order chi connectivity index (χ1) is 8.19. The van der Waals surface area contributed by atoms with Gasteiger partial charge in [0.1, 0.15) is 0 Å². The molecule has 0 saturated carbocycles.